The van der Waals surface area contributed by atoms with Crippen molar-refractivity contribution in [1.82, 2.24) is 10.6 Å². The minimum atomic E-state index is 0.247. The second-order valence-electron chi connectivity index (χ2n) is 3.64. The molecular weight excluding hydrogens is 204 g/mol. The number of nitrogens with one attached hydrogen (secondary N) is 2. The van der Waals surface area contributed by atoms with Crippen molar-refractivity contribution in [3.8, 4) is 0 Å². The number of thiocarbonyl (C=S) groups is 1. The zero-order chi connectivity index (χ0) is 11.3. The number of hydrogen-bond acceptors (Lipinski definition) is 1. The Morgan fingerprint density at radius 2 is 1.93 bits per heavy atom. The van der Waals surface area contributed by atoms with E-state index < -0.39 is 0 Å². The highest BCUT2D eigenvalue weighted by Crippen LogP contribution is 2.12. The van der Waals surface area contributed by atoms with Crippen molar-refractivity contribution in [2.75, 3.05) is 6.54 Å². The van der Waals surface area contributed by atoms with Crippen molar-refractivity contribution in [3.63, 3.8) is 0 Å². The summed E-state index contributed by atoms with van der Waals surface area (Å²) in [7, 11) is 0. The minimum Gasteiger partial charge on any atom is -0.363 e. The van der Waals surface area contributed by atoms with E-state index in [1.54, 1.807) is 0 Å². The Bertz CT molecular complexity index is 319. The Labute approximate surface area is 97.1 Å². The molecule has 0 spiro atoms. The minimum absolute atomic E-state index is 0.247. The van der Waals surface area contributed by atoms with Gasteiger partial charge in [0.2, 0.25) is 0 Å². The van der Waals surface area contributed by atoms with Crippen molar-refractivity contribution in [2.24, 2.45) is 0 Å². The van der Waals surface area contributed by atoms with E-state index in [-0.39, 0.29) is 6.04 Å². The summed E-state index contributed by atoms with van der Waals surface area (Å²) in [5.41, 5.74) is 2.53. The first-order valence-electron chi connectivity index (χ1n) is 5.24. The molecule has 3 heteroatoms. The second-order valence-corrected chi connectivity index (χ2v) is 4.04. The van der Waals surface area contributed by atoms with E-state index in [1.165, 1.54) is 11.1 Å². The van der Waals surface area contributed by atoms with Gasteiger partial charge in [0, 0.05) is 6.54 Å². The lowest BCUT2D eigenvalue weighted by molar-refractivity contribution is 0.702. The Hall–Kier alpha value is -1.09. The molecule has 82 valence electrons. The fourth-order valence-corrected chi connectivity index (χ4v) is 1.67. The molecule has 0 aromatic heterocycles. The van der Waals surface area contributed by atoms with E-state index in [0.717, 1.165) is 6.54 Å². The van der Waals surface area contributed by atoms with Crippen LogP contribution in [0.4, 0.5) is 0 Å². The zero-order valence-electron chi connectivity index (χ0n) is 9.50. The molecule has 0 heterocycles. The first-order valence-corrected chi connectivity index (χ1v) is 5.65. The Morgan fingerprint density at radius 1 is 1.33 bits per heavy atom. The van der Waals surface area contributed by atoms with Gasteiger partial charge in [-0.3, -0.25) is 0 Å². The fraction of sp³-hybridized carbons (Fsp3) is 0.417. The molecule has 2 N–H and O–H groups in total. The lowest BCUT2D eigenvalue weighted by Gasteiger charge is -2.16. The molecule has 0 radical (unpaired) electrons. The van der Waals surface area contributed by atoms with Crippen LogP contribution in [0.1, 0.15) is 31.0 Å². The standard InChI is InChI=1S/C12H18N2S/c1-4-13-12(15)14-10(3)11-7-5-9(2)6-8-11/h5-8,10H,4H2,1-3H3,(H2,13,14,15). The average molecular weight is 222 g/mol. The Balaban J connectivity index is 2.57. The quantitative estimate of drug-likeness (QED) is 0.769. The monoisotopic (exact) mass is 222 g/mol. The van der Waals surface area contributed by atoms with Gasteiger partial charge >= 0.3 is 0 Å². The molecule has 1 unspecified atom stereocenters. The zero-order valence-corrected chi connectivity index (χ0v) is 10.3. The molecule has 0 amide bonds. The fourth-order valence-electron chi connectivity index (χ4n) is 1.35. The van der Waals surface area contributed by atoms with E-state index in [4.69, 9.17) is 12.2 Å². The molecule has 2 nitrogen and oxygen atoms in total. The van der Waals surface area contributed by atoms with Gasteiger partial charge in [-0.1, -0.05) is 29.8 Å². The summed E-state index contributed by atoms with van der Waals surface area (Å²) in [5.74, 6) is 0. The van der Waals surface area contributed by atoms with Crippen molar-refractivity contribution in [1.29, 1.82) is 0 Å². The molecule has 0 saturated carbocycles. The number of benzene rings is 1. The summed E-state index contributed by atoms with van der Waals surface area (Å²) in [6.07, 6.45) is 0. The first kappa shape index (κ1) is 12.0. The largest absolute Gasteiger partial charge is 0.363 e. The third kappa shape index (κ3) is 3.88. The number of rotatable bonds is 3. The summed E-state index contributed by atoms with van der Waals surface area (Å²) < 4.78 is 0. The third-order valence-electron chi connectivity index (χ3n) is 2.26. The van der Waals surface area contributed by atoms with Crippen LogP contribution in [-0.2, 0) is 0 Å². The van der Waals surface area contributed by atoms with Crippen LogP contribution in [0.5, 0.6) is 0 Å². The van der Waals surface area contributed by atoms with Crippen molar-refractivity contribution >= 4 is 17.3 Å². The highest BCUT2D eigenvalue weighted by atomic mass is 32.1. The van der Waals surface area contributed by atoms with E-state index >= 15 is 0 Å². The van der Waals surface area contributed by atoms with Crippen molar-refractivity contribution in [2.45, 2.75) is 26.8 Å². The van der Waals surface area contributed by atoms with Crippen LogP contribution in [0.3, 0.4) is 0 Å². The third-order valence-corrected chi connectivity index (χ3v) is 2.52. The Morgan fingerprint density at radius 3 is 2.47 bits per heavy atom. The maximum Gasteiger partial charge on any atom is 0.166 e. The van der Waals surface area contributed by atoms with E-state index in [1.807, 2.05) is 6.92 Å². The molecule has 0 aliphatic heterocycles. The molecule has 1 rings (SSSR count). The second kappa shape index (κ2) is 5.71. The summed E-state index contributed by atoms with van der Waals surface area (Å²) in [6.45, 7) is 7.08. The molecular formula is C12H18N2S. The van der Waals surface area contributed by atoms with Crippen LogP contribution >= 0.6 is 12.2 Å². The number of hydrogen-bond donors (Lipinski definition) is 2. The molecule has 0 saturated heterocycles. The normalized spacial score (nSPS) is 11.9. The summed E-state index contributed by atoms with van der Waals surface area (Å²) in [4.78, 5) is 0. The smallest absolute Gasteiger partial charge is 0.166 e. The molecule has 0 aliphatic rings. The molecule has 0 bridgehead atoms. The average Bonchev–Trinajstić information content (AvgIpc) is 2.18. The lowest BCUT2D eigenvalue weighted by Crippen LogP contribution is -2.36. The highest BCUT2D eigenvalue weighted by Gasteiger charge is 2.05. The topological polar surface area (TPSA) is 24.1 Å². The van der Waals surface area contributed by atoms with Crippen LogP contribution in [-0.4, -0.2) is 11.7 Å². The molecule has 0 fully saturated rings. The van der Waals surface area contributed by atoms with Gasteiger partial charge in [-0.05, 0) is 38.6 Å². The van der Waals surface area contributed by atoms with Gasteiger partial charge in [-0.15, -0.1) is 0 Å². The van der Waals surface area contributed by atoms with Gasteiger partial charge in [-0.25, -0.2) is 0 Å². The summed E-state index contributed by atoms with van der Waals surface area (Å²) in [6, 6.07) is 8.73. The molecule has 1 aromatic rings. The molecule has 1 aromatic carbocycles. The van der Waals surface area contributed by atoms with Crippen LogP contribution in [0.15, 0.2) is 24.3 Å². The highest BCUT2D eigenvalue weighted by molar-refractivity contribution is 7.80. The Kier molecular flexibility index (Phi) is 4.56. The first-order chi connectivity index (χ1) is 7.13. The van der Waals surface area contributed by atoms with Gasteiger partial charge in [-0.2, -0.15) is 0 Å². The number of aryl methyl sites for hydroxylation is 1. The van der Waals surface area contributed by atoms with Gasteiger partial charge in [0.25, 0.3) is 0 Å². The van der Waals surface area contributed by atoms with Gasteiger partial charge < -0.3 is 10.6 Å². The van der Waals surface area contributed by atoms with Crippen LogP contribution in [0.2, 0.25) is 0 Å². The van der Waals surface area contributed by atoms with Crippen LogP contribution in [0.25, 0.3) is 0 Å². The molecule has 0 aliphatic carbocycles. The lowest BCUT2D eigenvalue weighted by atomic mass is 10.1. The van der Waals surface area contributed by atoms with Crippen LogP contribution in [0, 0.1) is 6.92 Å². The van der Waals surface area contributed by atoms with Gasteiger partial charge in [0.05, 0.1) is 6.04 Å². The van der Waals surface area contributed by atoms with E-state index in [9.17, 15) is 0 Å². The maximum absolute atomic E-state index is 5.13. The van der Waals surface area contributed by atoms with E-state index in [2.05, 4.69) is 48.7 Å². The van der Waals surface area contributed by atoms with Gasteiger partial charge in [0.15, 0.2) is 5.11 Å². The molecule has 15 heavy (non-hydrogen) atoms. The van der Waals surface area contributed by atoms with E-state index in [0.29, 0.717) is 5.11 Å². The van der Waals surface area contributed by atoms with Crippen LogP contribution < -0.4 is 10.6 Å². The van der Waals surface area contributed by atoms with Gasteiger partial charge in [0.1, 0.15) is 0 Å². The summed E-state index contributed by atoms with van der Waals surface area (Å²) in [5, 5.41) is 7.03. The van der Waals surface area contributed by atoms with Crippen molar-refractivity contribution < 1.29 is 0 Å². The SMILES string of the molecule is CCNC(=S)NC(C)c1ccc(C)cc1. The molecule has 1 atom stereocenters. The summed E-state index contributed by atoms with van der Waals surface area (Å²) >= 11 is 5.13. The van der Waals surface area contributed by atoms with Crippen molar-refractivity contribution in [3.05, 3.63) is 35.4 Å². The predicted octanol–water partition coefficient (Wildman–Crippen LogP) is 2.54. The predicted molar refractivity (Wildman–Crippen MR) is 69.0 cm³/mol. The maximum atomic E-state index is 5.13.